The number of para-hydroxylation sites is 1. The van der Waals surface area contributed by atoms with Crippen molar-refractivity contribution in [2.75, 3.05) is 6.61 Å². The van der Waals surface area contributed by atoms with Crippen molar-refractivity contribution >= 4 is 17.3 Å². The molecule has 1 N–H and O–H groups in total. The maximum atomic E-state index is 12.1. The number of nitrogens with zero attached hydrogens (tertiary/aromatic N) is 4. The van der Waals surface area contributed by atoms with Gasteiger partial charge in [-0.2, -0.15) is 5.21 Å². The van der Waals surface area contributed by atoms with Crippen LogP contribution in [-0.2, 0) is 4.74 Å². The molecular weight excluding hydrogens is 390 g/mol. The third-order valence-corrected chi connectivity index (χ3v) is 5.23. The van der Waals surface area contributed by atoms with Crippen LogP contribution in [0, 0.1) is 6.92 Å². The van der Waals surface area contributed by atoms with Crippen LogP contribution in [0.25, 0.3) is 22.0 Å². The third-order valence-electron chi connectivity index (χ3n) is 4.04. The van der Waals surface area contributed by atoms with Gasteiger partial charge in [0.1, 0.15) is 21.4 Å². The Hall–Kier alpha value is -3.59. The molecule has 0 atom stereocenters. The molecule has 4 rings (SSSR count). The van der Waals surface area contributed by atoms with Gasteiger partial charge in [-0.1, -0.05) is 18.2 Å². The summed E-state index contributed by atoms with van der Waals surface area (Å²) in [6, 6.07) is 15.0. The number of nitrogens with one attached hydrogen (secondary N) is 1. The number of benzene rings is 2. The number of hydrogen-bond acceptors (Lipinski definition) is 8. The van der Waals surface area contributed by atoms with E-state index in [1.807, 2.05) is 48.5 Å². The van der Waals surface area contributed by atoms with E-state index in [4.69, 9.17) is 9.47 Å². The molecule has 4 aromatic rings. The number of carbonyl (C=O) groups excluding carboxylic acids is 1. The maximum Gasteiger partial charge on any atom is 0.350 e. The summed E-state index contributed by atoms with van der Waals surface area (Å²) < 4.78 is 11.1. The normalized spacial score (nSPS) is 10.7. The summed E-state index contributed by atoms with van der Waals surface area (Å²) in [7, 11) is 0. The van der Waals surface area contributed by atoms with Crippen molar-refractivity contribution in [1.29, 1.82) is 0 Å². The summed E-state index contributed by atoms with van der Waals surface area (Å²) in [5.41, 5.74) is 2.11. The number of hydrogen-bond donors (Lipinski definition) is 1. The molecule has 0 fully saturated rings. The van der Waals surface area contributed by atoms with E-state index in [2.05, 4.69) is 25.6 Å². The molecule has 2 aromatic heterocycles. The van der Waals surface area contributed by atoms with Gasteiger partial charge in [0.2, 0.25) is 5.82 Å². The Labute approximate surface area is 170 Å². The highest BCUT2D eigenvalue weighted by atomic mass is 32.1. The number of tetrazole rings is 1. The Morgan fingerprint density at radius 3 is 2.72 bits per heavy atom. The Bertz CT molecular complexity index is 1130. The van der Waals surface area contributed by atoms with Crippen LogP contribution in [0.4, 0.5) is 0 Å². The van der Waals surface area contributed by atoms with E-state index in [0.29, 0.717) is 45.1 Å². The first-order chi connectivity index (χ1) is 14.2. The van der Waals surface area contributed by atoms with Crippen LogP contribution in [0.3, 0.4) is 0 Å². The molecule has 9 heteroatoms. The zero-order chi connectivity index (χ0) is 20.2. The molecule has 0 spiro atoms. The summed E-state index contributed by atoms with van der Waals surface area (Å²) in [5.74, 6) is 1.31. The molecule has 0 radical (unpaired) electrons. The Morgan fingerprint density at radius 1 is 1.17 bits per heavy atom. The van der Waals surface area contributed by atoms with E-state index >= 15 is 0 Å². The maximum absolute atomic E-state index is 12.1. The van der Waals surface area contributed by atoms with Crippen LogP contribution in [-0.4, -0.2) is 38.2 Å². The van der Waals surface area contributed by atoms with Crippen LogP contribution in [0.2, 0.25) is 0 Å². The number of aromatic amines is 1. The van der Waals surface area contributed by atoms with Crippen molar-refractivity contribution < 1.29 is 14.3 Å². The zero-order valence-corrected chi connectivity index (χ0v) is 16.6. The number of H-pyrrole nitrogens is 1. The van der Waals surface area contributed by atoms with Gasteiger partial charge < -0.3 is 9.47 Å². The lowest BCUT2D eigenvalue weighted by atomic mass is 10.1. The minimum Gasteiger partial charge on any atom is -0.462 e. The van der Waals surface area contributed by atoms with Crippen molar-refractivity contribution in [3.63, 3.8) is 0 Å². The van der Waals surface area contributed by atoms with E-state index in [-0.39, 0.29) is 5.97 Å². The fraction of sp³-hybridized carbons (Fsp3) is 0.150. The molecule has 0 amide bonds. The van der Waals surface area contributed by atoms with E-state index < -0.39 is 0 Å². The zero-order valence-electron chi connectivity index (χ0n) is 15.7. The fourth-order valence-electron chi connectivity index (χ4n) is 2.72. The SMILES string of the molecule is CCOC(=O)c1sc(-c2ccc(Oc3ccccc3)c(-c3nn[nH]n3)c2)nc1C. The van der Waals surface area contributed by atoms with Gasteiger partial charge >= 0.3 is 5.97 Å². The molecule has 8 nitrogen and oxygen atoms in total. The lowest BCUT2D eigenvalue weighted by molar-refractivity contribution is 0.0531. The highest BCUT2D eigenvalue weighted by Gasteiger charge is 2.19. The van der Waals surface area contributed by atoms with Crippen LogP contribution in [0.15, 0.2) is 48.5 Å². The van der Waals surface area contributed by atoms with E-state index in [0.717, 1.165) is 5.56 Å². The number of carbonyl (C=O) groups is 1. The van der Waals surface area contributed by atoms with Gasteiger partial charge in [0.05, 0.1) is 17.9 Å². The van der Waals surface area contributed by atoms with Crippen molar-refractivity contribution in [3.05, 3.63) is 59.1 Å². The van der Waals surface area contributed by atoms with Crippen LogP contribution < -0.4 is 4.74 Å². The quantitative estimate of drug-likeness (QED) is 0.476. The predicted molar refractivity (Wildman–Crippen MR) is 108 cm³/mol. The molecule has 0 saturated heterocycles. The second-order valence-corrected chi connectivity index (χ2v) is 7.01. The van der Waals surface area contributed by atoms with Gasteiger partial charge in [-0.05, 0) is 49.4 Å². The molecule has 146 valence electrons. The number of thiazole rings is 1. The van der Waals surface area contributed by atoms with E-state index in [9.17, 15) is 4.79 Å². The number of aryl methyl sites for hydroxylation is 1. The predicted octanol–water partition coefficient (Wildman–Crippen LogP) is 4.27. The van der Waals surface area contributed by atoms with Gasteiger partial charge in [-0.3, -0.25) is 0 Å². The lowest BCUT2D eigenvalue weighted by Gasteiger charge is -2.10. The molecule has 0 aliphatic carbocycles. The Kier molecular flexibility index (Phi) is 5.30. The average Bonchev–Trinajstić information content (AvgIpc) is 3.39. The van der Waals surface area contributed by atoms with E-state index in [1.54, 1.807) is 13.8 Å². The topological polar surface area (TPSA) is 103 Å². The summed E-state index contributed by atoms with van der Waals surface area (Å²) in [4.78, 5) is 17.1. The number of rotatable bonds is 6. The van der Waals surface area contributed by atoms with Gasteiger partial charge in [0.25, 0.3) is 0 Å². The Morgan fingerprint density at radius 2 is 2.00 bits per heavy atom. The number of aromatic nitrogens is 5. The summed E-state index contributed by atoms with van der Waals surface area (Å²) >= 11 is 1.29. The molecule has 0 aliphatic heterocycles. The van der Waals surface area contributed by atoms with Gasteiger partial charge in [0.15, 0.2) is 0 Å². The van der Waals surface area contributed by atoms with Crippen molar-refractivity contribution in [2.45, 2.75) is 13.8 Å². The highest BCUT2D eigenvalue weighted by Crippen LogP contribution is 2.37. The van der Waals surface area contributed by atoms with Crippen molar-refractivity contribution in [1.82, 2.24) is 25.6 Å². The molecule has 2 aromatic carbocycles. The smallest absolute Gasteiger partial charge is 0.350 e. The summed E-state index contributed by atoms with van der Waals surface area (Å²) in [6.45, 7) is 3.88. The average molecular weight is 407 g/mol. The summed E-state index contributed by atoms with van der Waals surface area (Å²) in [5, 5.41) is 15.0. The molecule has 0 saturated carbocycles. The standard InChI is InChI=1S/C20H17N5O3S/c1-3-27-20(26)17-12(2)21-19(29-17)13-9-10-16(28-14-7-5-4-6-8-14)15(11-13)18-22-24-25-23-18/h4-11H,3H2,1-2H3,(H,22,23,24,25). The summed E-state index contributed by atoms with van der Waals surface area (Å²) in [6.07, 6.45) is 0. The Balaban J connectivity index is 1.74. The first-order valence-electron chi connectivity index (χ1n) is 8.91. The molecule has 2 heterocycles. The third kappa shape index (κ3) is 3.99. The molecule has 0 aliphatic rings. The molecule has 0 bridgehead atoms. The number of ether oxygens (including phenoxy) is 2. The van der Waals surface area contributed by atoms with Crippen LogP contribution >= 0.6 is 11.3 Å². The largest absolute Gasteiger partial charge is 0.462 e. The molecular formula is C20H17N5O3S. The molecule has 29 heavy (non-hydrogen) atoms. The lowest BCUT2D eigenvalue weighted by Crippen LogP contribution is -2.03. The monoisotopic (exact) mass is 407 g/mol. The second kappa shape index (κ2) is 8.19. The highest BCUT2D eigenvalue weighted by molar-refractivity contribution is 7.17. The second-order valence-electron chi connectivity index (χ2n) is 6.02. The van der Waals surface area contributed by atoms with Crippen LogP contribution in [0.1, 0.15) is 22.3 Å². The fourth-order valence-corrected chi connectivity index (χ4v) is 3.68. The van der Waals surface area contributed by atoms with Crippen molar-refractivity contribution in [2.24, 2.45) is 0 Å². The van der Waals surface area contributed by atoms with Crippen molar-refractivity contribution in [3.8, 4) is 33.5 Å². The first kappa shape index (κ1) is 18.8. The van der Waals surface area contributed by atoms with Gasteiger partial charge in [0, 0.05) is 5.56 Å². The van der Waals surface area contributed by atoms with Gasteiger partial charge in [-0.15, -0.1) is 21.5 Å². The minimum atomic E-state index is -0.365. The van der Waals surface area contributed by atoms with Crippen LogP contribution in [0.5, 0.6) is 11.5 Å². The van der Waals surface area contributed by atoms with E-state index in [1.165, 1.54) is 11.3 Å². The first-order valence-corrected chi connectivity index (χ1v) is 9.73. The van der Waals surface area contributed by atoms with Gasteiger partial charge in [-0.25, -0.2) is 9.78 Å². The number of esters is 1. The minimum absolute atomic E-state index is 0.318. The molecule has 0 unspecified atom stereocenters.